The average Bonchev–Trinajstić information content (AvgIpc) is 3.15. The Hall–Kier alpha value is -3.12. The molecule has 3 aromatic rings. The molecule has 2 heterocycles. The predicted molar refractivity (Wildman–Crippen MR) is 98.9 cm³/mol. The van der Waals surface area contributed by atoms with Gasteiger partial charge in [-0.2, -0.15) is 5.10 Å². The highest BCUT2D eigenvalue weighted by atomic mass is 16.5. The lowest BCUT2D eigenvalue weighted by molar-refractivity contribution is 0.0900. The number of nitrogens with one attached hydrogen (secondary N) is 2. The fourth-order valence-electron chi connectivity index (χ4n) is 3.09. The van der Waals surface area contributed by atoms with Crippen LogP contribution in [0.3, 0.4) is 0 Å². The summed E-state index contributed by atoms with van der Waals surface area (Å²) in [6.45, 7) is 1.14. The van der Waals surface area contributed by atoms with Gasteiger partial charge in [0, 0.05) is 12.1 Å². The van der Waals surface area contributed by atoms with Gasteiger partial charge in [-0.1, -0.05) is 42.5 Å². The van der Waals surface area contributed by atoms with E-state index in [0.717, 1.165) is 22.6 Å². The van der Waals surface area contributed by atoms with Gasteiger partial charge < -0.3 is 10.1 Å². The standard InChI is InChI=1S/C20H20N4O2/c1-26-16-9-5-6-14(10-16)12-21-19-13-22-20(25)18-11-17(23-24(18)19)15-7-3-2-4-8-15/h2-11,19,21H,12-13H2,1H3,(H,22,25)/t19-/m1/s1. The van der Waals surface area contributed by atoms with Crippen LogP contribution in [0.4, 0.5) is 0 Å². The van der Waals surface area contributed by atoms with Crippen molar-refractivity contribution in [2.75, 3.05) is 13.7 Å². The van der Waals surface area contributed by atoms with E-state index in [1.807, 2.05) is 60.7 Å². The van der Waals surface area contributed by atoms with Gasteiger partial charge in [0.1, 0.15) is 17.6 Å². The molecule has 0 saturated heterocycles. The largest absolute Gasteiger partial charge is 0.497 e. The van der Waals surface area contributed by atoms with Gasteiger partial charge in [0.2, 0.25) is 0 Å². The highest BCUT2D eigenvalue weighted by molar-refractivity contribution is 5.94. The van der Waals surface area contributed by atoms with Crippen LogP contribution in [0.25, 0.3) is 11.3 Å². The maximum atomic E-state index is 12.2. The Labute approximate surface area is 151 Å². The zero-order valence-corrected chi connectivity index (χ0v) is 14.5. The highest BCUT2D eigenvalue weighted by Crippen LogP contribution is 2.23. The number of ether oxygens (including phenoxy) is 1. The Morgan fingerprint density at radius 1 is 1.19 bits per heavy atom. The number of benzene rings is 2. The molecule has 0 spiro atoms. The molecule has 132 valence electrons. The number of carbonyl (C=O) groups is 1. The average molecular weight is 348 g/mol. The van der Waals surface area contributed by atoms with Crippen molar-refractivity contribution in [1.82, 2.24) is 20.4 Å². The summed E-state index contributed by atoms with van der Waals surface area (Å²) in [6, 6.07) is 19.6. The molecule has 1 atom stereocenters. The van der Waals surface area contributed by atoms with Crippen LogP contribution >= 0.6 is 0 Å². The number of aromatic nitrogens is 2. The third-order valence-electron chi connectivity index (χ3n) is 4.47. The van der Waals surface area contributed by atoms with E-state index in [2.05, 4.69) is 15.7 Å². The van der Waals surface area contributed by atoms with Crippen LogP contribution in [0.15, 0.2) is 60.7 Å². The van der Waals surface area contributed by atoms with Crippen molar-refractivity contribution in [1.29, 1.82) is 0 Å². The molecule has 2 aromatic carbocycles. The first-order chi connectivity index (χ1) is 12.7. The first-order valence-electron chi connectivity index (χ1n) is 8.54. The molecular weight excluding hydrogens is 328 g/mol. The number of amides is 1. The molecule has 0 unspecified atom stereocenters. The topological polar surface area (TPSA) is 68.2 Å². The zero-order valence-electron chi connectivity index (χ0n) is 14.5. The molecule has 2 N–H and O–H groups in total. The van der Waals surface area contributed by atoms with E-state index in [0.29, 0.717) is 18.8 Å². The Morgan fingerprint density at radius 3 is 2.85 bits per heavy atom. The van der Waals surface area contributed by atoms with Gasteiger partial charge in [-0.3, -0.25) is 10.1 Å². The fourth-order valence-corrected chi connectivity index (χ4v) is 3.09. The number of carbonyl (C=O) groups excluding carboxylic acids is 1. The normalized spacial score (nSPS) is 16.0. The molecule has 0 saturated carbocycles. The number of fused-ring (bicyclic) bond motifs is 1. The van der Waals surface area contributed by atoms with Crippen molar-refractivity contribution in [2.24, 2.45) is 0 Å². The van der Waals surface area contributed by atoms with E-state index < -0.39 is 0 Å². The molecule has 26 heavy (non-hydrogen) atoms. The molecule has 0 aliphatic carbocycles. The van der Waals surface area contributed by atoms with E-state index in [9.17, 15) is 4.79 Å². The second kappa shape index (κ2) is 7.01. The summed E-state index contributed by atoms with van der Waals surface area (Å²) in [5, 5.41) is 11.1. The fraction of sp³-hybridized carbons (Fsp3) is 0.200. The molecule has 1 aliphatic rings. The van der Waals surface area contributed by atoms with Crippen molar-refractivity contribution in [2.45, 2.75) is 12.7 Å². The molecule has 1 amide bonds. The molecule has 6 nitrogen and oxygen atoms in total. The van der Waals surface area contributed by atoms with Gasteiger partial charge in [0.25, 0.3) is 5.91 Å². The Morgan fingerprint density at radius 2 is 2.04 bits per heavy atom. The van der Waals surface area contributed by atoms with Gasteiger partial charge in [-0.05, 0) is 23.8 Å². The zero-order chi connectivity index (χ0) is 17.9. The molecule has 0 radical (unpaired) electrons. The predicted octanol–water partition coefficient (Wildman–Crippen LogP) is 2.59. The molecule has 6 heteroatoms. The van der Waals surface area contributed by atoms with Crippen molar-refractivity contribution >= 4 is 5.91 Å². The molecule has 1 aromatic heterocycles. The van der Waals surface area contributed by atoms with Gasteiger partial charge in [-0.25, -0.2) is 4.68 Å². The Balaban J connectivity index is 1.57. The summed E-state index contributed by atoms with van der Waals surface area (Å²) in [6.07, 6.45) is -0.105. The number of hydrogen-bond acceptors (Lipinski definition) is 4. The number of methoxy groups -OCH3 is 1. The summed E-state index contributed by atoms with van der Waals surface area (Å²) >= 11 is 0. The first-order valence-corrected chi connectivity index (χ1v) is 8.54. The van der Waals surface area contributed by atoms with E-state index >= 15 is 0 Å². The third kappa shape index (κ3) is 3.19. The van der Waals surface area contributed by atoms with Crippen LogP contribution in [-0.4, -0.2) is 29.3 Å². The van der Waals surface area contributed by atoms with Crippen molar-refractivity contribution in [3.63, 3.8) is 0 Å². The van der Waals surface area contributed by atoms with Gasteiger partial charge >= 0.3 is 0 Å². The maximum absolute atomic E-state index is 12.2. The number of nitrogens with zero attached hydrogens (tertiary/aromatic N) is 2. The van der Waals surface area contributed by atoms with Gasteiger partial charge in [-0.15, -0.1) is 0 Å². The minimum atomic E-state index is -0.105. The molecule has 1 aliphatic heterocycles. The van der Waals surface area contributed by atoms with E-state index in [1.54, 1.807) is 11.8 Å². The monoisotopic (exact) mass is 348 g/mol. The van der Waals surface area contributed by atoms with Crippen LogP contribution in [-0.2, 0) is 6.54 Å². The summed E-state index contributed by atoms with van der Waals surface area (Å²) < 4.78 is 7.05. The van der Waals surface area contributed by atoms with E-state index in [4.69, 9.17) is 4.74 Å². The summed E-state index contributed by atoms with van der Waals surface area (Å²) in [5.41, 5.74) is 3.47. The van der Waals surface area contributed by atoms with Crippen LogP contribution in [0.5, 0.6) is 5.75 Å². The highest BCUT2D eigenvalue weighted by Gasteiger charge is 2.27. The van der Waals surface area contributed by atoms with Crippen molar-refractivity contribution in [3.8, 4) is 17.0 Å². The van der Waals surface area contributed by atoms with Crippen LogP contribution in [0.2, 0.25) is 0 Å². The van der Waals surface area contributed by atoms with Crippen molar-refractivity contribution in [3.05, 3.63) is 71.9 Å². The summed E-state index contributed by atoms with van der Waals surface area (Å²) in [5.74, 6) is 0.728. The lowest BCUT2D eigenvalue weighted by Crippen LogP contribution is -2.45. The van der Waals surface area contributed by atoms with E-state index in [-0.39, 0.29) is 12.1 Å². The minimum Gasteiger partial charge on any atom is -0.497 e. The number of hydrogen-bond donors (Lipinski definition) is 2. The summed E-state index contributed by atoms with van der Waals surface area (Å²) in [7, 11) is 1.66. The van der Waals surface area contributed by atoms with Gasteiger partial charge in [0.05, 0.1) is 19.3 Å². The van der Waals surface area contributed by atoms with Gasteiger partial charge in [0.15, 0.2) is 0 Å². The molecule has 0 bridgehead atoms. The van der Waals surface area contributed by atoms with Crippen LogP contribution in [0, 0.1) is 0 Å². The lowest BCUT2D eigenvalue weighted by atomic mass is 10.1. The first kappa shape index (κ1) is 16.4. The van der Waals surface area contributed by atoms with Crippen LogP contribution < -0.4 is 15.4 Å². The smallest absolute Gasteiger partial charge is 0.269 e. The lowest BCUT2D eigenvalue weighted by Gasteiger charge is -2.25. The Bertz CT molecular complexity index is 921. The Kier molecular flexibility index (Phi) is 4.41. The van der Waals surface area contributed by atoms with E-state index in [1.165, 1.54) is 0 Å². The second-order valence-corrected chi connectivity index (χ2v) is 6.18. The molecular formula is C20H20N4O2. The minimum absolute atomic E-state index is 0.0980. The van der Waals surface area contributed by atoms with Crippen molar-refractivity contribution < 1.29 is 9.53 Å². The van der Waals surface area contributed by atoms with Crippen LogP contribution in [0.1, 0.15) is 22.2 Å². The summed E-state index contributed by atoms with van der Waals surface area (Å²) in [4.78, 5) is 12.2. The SMILES string of the molecule is COc1cccc(CN[C@H]2CNC(=O)c3cc(-c4ccccc4)nn32)c1. The number of rotatable bonds is 5. The second-order valence-electron chi connectivity index (χ2n) is 6.18. The molecule has 0 fully saturated rings. The maximum Gasteiger partial charge on any atom is 0.269 e. The molecule has 4 rings (SSSR count). The third-order valence-corrected chi connectivity index (χ3v) is 4.47. The quantitative estimate of drug-likeness (QED) is 0.744.